The van der Waals surface area contributed by atoms with Gasteiger partial charge in [-0.1, -0.05) is 6.92 Å². The standard InChI is InChI=1S/C13H21NO2S/c1-3-11(15)8-14-6-7-17-9-12(14)13-5-4-10(2)16-13/h4-5,11-12,15H,3,6-9H2,1-2H3/t11-,12?/m1/s1. The van der Waals surface area contributed by atoms with E-state index >= 15 is 0 Å². The minimum absolute atomic E-state index is 0.225. The maximum absolute atomic E-state index is 9.80. The molecule has 2 atom stereocenters. The highest BCUT2D eigenvalue weighted by molar-refractivity contribution is 7.99. The van der Waals surface area contributed by atoms with Gasteiger partial charge in [-0.15, -0.1) is 0 Å². The second-order valence-corrected chi connectivity index (χ2v) is 5.75. The van der Waals surface area contributed by atoms with Gasteiger partial charge in [0.25, 0.3) is 0 Å². The van der Waals surface area contributed by atoms with E-state index in [1.165, 1.54) is 0 Å². The molecule has 1 saturated heterocycles. The van der Waals surface area contributed by atoms with Gasteiger partial charge in [-0.05, 0) is 25.5 Å². The minimum atomic E-state index is -0.225. The molecule has 0 aromatic carbocycles. The first-order valence-electron chi connectivity index (χ1n) is 6.27. The SMILES string of the molecule is CC[C@@H](O)CN1CCSCC1c1ccc(C)o1. The molecule has 3 nitrogen and oxygen atoms in total. The van der Waals surface area contributed by atoms with E-state index in [9.17, 15) is 5.11 Å². The van der Waals surface area contributed by atoms with Gasteiger partial charge in [0.1, 0.15) is 11.5 Å². The highest BCUT2D eigenvalue weighted by Crippen LogP contribution is 2.30. The van der Waals surface area contributed by atoms with E-state index < -0.39 is 0 Å². The van der Waals surface area contributed by atoms with E-state index in [1.54, 1.807) is 0 Å². The molecule has 0 bridgehead atoms. The molecule has 17 heavy (non-hydrogen) atoms. The van der Waals surface area contributed by atoms with E-state index in [0.717, 1.165) is 42.5 Å². The summed E-state index contributed by atoms with van der Waals surface area (Å²) in [5.74, 6) is 4.21. The summed E-state index contributed by atoms with van der Waals surface area (Å²) in [6.45, 7) is 5.79. The fourth-order valence-electron chi connectivity index (χ4n) is 2.15. The number of thioether (sulfide) groups is 1. The van der Waals surface area contributed by atoms with Crippen LogP contribution >= 0.6 is 11.8 Å². The lowest BCUT2D eigenvalue weighted by Crippen LogP contribution is -2.40. The Bertz CT molecular complexity index is 353. The van der Waals surface area contributed by atoms with Crippen molar-refractivity contribution >= 4 is 11.8 Å². The average molecular weight is 255 g/mol. The fraction of sp³-hybridized carbons (Fsp3) is 0.692. The van der Waals surface area contributed by atoms with Crippen molar-refractivity contribution in [3.05, 3.63) is 23.7 Å². The molecule has 0 radical (unpaired) electrons. The number of aryl methyl sites for hydroxylation is 1. The molecule has 1 aromatic rings. The lowest BCUT2D eigenvalue weighted by atomic mass is 10.1. The number of rotatable bonds is 4. The average Bonchev–Trinajstić information content (AvgIpc) is 2.76. The molecular formula is C13H21NO2S. The number of aliphatic hydroxyl groups excluding tert-OH is 1. The molecule has 0 aliphatic carbocycles. The molecule has 1 aliphatic rings. The fourth-order valence-corrected chi connectivity index (χ4v) is 3.28. The monoisotopic (exact) mass is 255 g/mol. The van der Waals surface area contributed by atoms with Crippen molar-refractivity contribution < 1.29 is 9.52 Å². The molecule has 1 fully saturated rings. The Kier molecular flexibility index (Phi) is 4.54. The van der Waals surface area contributed by atoms with Crippen LogP contribution in [0.2, 0.25) is 0 Å². The summed E-state index contributed by atoms with van der Waals surface area (Å²) in [6.07, 6.45) is 0.588. The molecule has 1 unspecified atom stereocenters. The van der Waals surface area contributed by atoms with Gasteiger partial charge in [-0.25, -0.2) is 0 Å². The van der Waals surface area contributed by atoms with Crippen LogP contribution in [0, 0.1) is 6.92 Å². The Labute approximate surface area is 107 Å². The zero-order valence-electron chi connectivity index (χ0n) is 10.6. The van der Waals surface area contributed by atoms with Crippen LogP contribution in [-0.4, -0.2) is 40.7 Å². The number of furan rings is 1. The summed E-state index contributed by atoms with van der Waals surface area (Å²) < 4.78 is 5.73. The Morgan fingerprint density at radius 3 is 3.06 bits per heavy atom. The third-order valence-electron chi connectivity index (χ3n) is 3.25. The zero-order valence-corrected chi connectivity index (χ0v) is 11.4. The Morgan fingerprint density at radius 2 is 2.41 bits per heavy atom. The van der Waals surface area contributed by atoms with Gasteiger partial charge >= 0.3 is 0 Å². The second-order valence-electron chi connectivity index (χ2n) is 4.60. The summed E-state index contributed by atoms with van der Waals surface area (Å²) in [5.41, 5.74) is 0. The van der Waals surface area contributed by atoms with E-state index in [4.69, 9.17) is 4.42 Å². The molecule has 0 saturated carbocycles. The van der Waals surface area contributed by atoms with Crippen molar-refractivity contribution in [3.8, 4) is 0 Å². The third kappa shape index (κ3) is 3.27. The van der Waals surface area contributed by atoms with Crippen LogP contribution in [0.3, 0.4) is 0 Å². The summed E-state index contributed by atoms with van der Waals surface area (Å²) >= 11 is 1.96. The van der Waals surface area contributed by atoms with Gasteiger partial charge < -0.3 is 9.52 Å². The first-order valence-corrected chi connectivity index (χ1v) is 7.42. The second kappa shape index (κ2) is 5.94. The van der Waals surface area contributed by atoms with Crippen LogP contribution in [0.1, 0.15) is 30.9 Å². The minimum Gasteiger partial charge on any atom is -0.465 e. The summed E-state index contributed by atoms with van der Waals surface area (Å²) in [7, 11) is 0. The lowest BCUT2D eigenvalue weighted by molar-refractivity contribution is 0.0853. The maximum Gasteiger partial charge on any atom is 0.122 e. The predicted octanol–water partition coefficient (Wildman–Crippen LogP) is 2.45. The quantitative estimate of drug-likeness (QED) is 0.896. The van der Waals surface area contributed by atoms with Crippen molar-refractivity contribution in [2.75, 3.05) is 24.6 Å². The zero-order chi connectivity index (χ0) is 12.3. The Balaban J connectivity index is 2.06. The molecule has 0 spiro atoms. The predicted molar refractivity (Wildman–Crippen MR) is 71.4 cm³/mol. The molecule has 0 amide bonds. The Morgan fingerprint density at radius 1 is 1.59 bits per heavy atom. The highest BCUT2D eigenvalue weighted by Gasteiger charge is 2.27. The topological polar surface area (TPSA) is 36.6 Å². The van der Waals surface area contributed by atoms with Gasteiger partial charge in [0.05, 0.1) is 12.1 Å². The normalized spacial score (nSPS) is 23.8. The van der Waals surface area contributed by atoms with Crippen LogP contribution in [0.25, 0.3) is 0 Å². The number of hydrogen-bond donors (Lipinski definition) is 1. The van der Waals surface area contributed by atoms with Crippen LogP contribution < -0.4 is 0 Å². The summed E-state index contributed by atoms with van der Waals surface area (Å²) in [6, 6.07) is 4.41. The number of β-amino-alcohol motifs (C(OH)–C–C–N with tert-alkyl or cyclic N) is 1. The number of hydrogen-bond acceptors (Lipinski definition) is 4. The van der Waals surface area contributed by atoms with Crippen molar-refractivity contribution in [1.82, 2.24) is 4.90 Å². The van der Waals surface area contributed by atoms with Crippen molar-refractivity contribution in [1.29, 1.82) is 0 Å². The molecule has 96 valence electrons. The molecule has 1 aromatic heterocycles. The van der Waals surface area contributed by atoms with Crippen LogP contribution in [-0.2, 0) is 0 Å². The molecular weight excluding hydrogens is 234 g/mol. The number of nitrogens with zero attached hydrogens (tertiary/aromatic N) is 1. The van der Waals surface area contributed by atoms with E-state index in [-0.39, 0.29) is 6.10 Å². The van der Waals surface area contributed by atoms with E-state index in [0.29, 0.717) is 6.04 Å². The van der Waals surface area contributed by atoms with Gasteiger partial charge in [0.2, 0.25) is 0 Å². The largest absolute Gasteiger partial charge is 0.465 e. The van der Waals surface area contributed by atoms with Crippen molar-refractivity contribution in [2.45, 2.75) is 32.4 Å². The maximum atomic E-state index is 9.80. The summed E-state index contributed by atoms with van der Waals surface area (Å²) in [5, 5.41) is 9.80. The van der Waals surface area contributed by atoms with Crippen LogP contribution in [0.4, 0.5) is 0 Å². The third-order valence-corrected chi connectivity index (χ3v) is 4.27. The number of aliphatic hydroxyl groups is 1. The van der Waals surface area contributed by atoms with Crippen LogP contribution in [0.15, 0.2) is 16.5 Å². The van der Waals surface area contributed by atoms with Gasteiger partial charge in [0.15, 0.2) is 0 Å². The first-order chi connectivity index (χ1) is 8.20. The molecule has 1 N–H and O–H groups in total. The van der Waals surface area contributed by atoms with Crippen molar-refractivity contribution in [2.24, 2.45) is 0 Å². The molecule has 1 aliphatic heterocycles. The van der Waals surface area contributed by atoms with Gasteiger partial charge in [0, 0.05) is 24.6 Å². The lowest BCUT2D eigenvalue weighted by Gasteiger charge is -2.35. The molecule has 2 rings (SSSR count). The van der Waals surface area contributed by atoms with Gasteiger partial charge in [-0.2, -0.15) is 11.8 Å². The molecule has 2 heterocycles. The van der Waals surface area contributed by atoms with Gasteiger partial charge in [-0.3, -0.25) is 4.90 Å². The molecule has 4 heteroatoms. The van der Waals surface area contributed by atoms with Crippen molar-refractivity contribution in [3.63, 3.8) is 0 Å². The first kappa shape index (κ1) is 13.0. The van der Waals surface area contributed by atoms with Crippen LogP contribution in [0.5, 0.6) is 0 Å². The Hall–Kier alpha value is -0.450. The highest BCUT2D eigenvalue weighted by atomic mass is 32.2. The smallest absolute Gasteiger partial charge is 0.122 e. The van der Waals surface area contributed by atoms with E-state index in [1.807, 2.05) is 31.7 Å². The summed E-state index contributed by atoms with van der Waals surface area (Å²) in [4.78, 5) is 2.35. The van der Waals surface area contributed by atoms with E-state index in [2.05, 4.69) is 11.0 Å².